The highest BCUT2D eigenvalue weighted by molar-refractivity contribution is 6.04. The Kier molecular flexibility index (Phi) is 3.84. The Morgan fingerprint density at radius 3 is 2.76 bits per heavy atom. The molecule has 0 bridgehead atoms. The van der Waals surface area contributed by atoms with Crippen LogP contribution in [-0.2, 0) is 6.54 Å². The topological polar surface area (TPSA) is 86.8 Å². The van der Waals surface area contributed by atoms with Gasteiger partial charge in [-0.3, -0.25) is 9.89 Å². The highest BCUT2D eigenvalue weighted by Crippen LogP contribution is 2.36. The van der Waals surface area contributed by atoms with Crippen molar-refractivity contribution in [3.05, 3.63) is 72.2 Å². The fourth-order valence-corrected chi connectivity index (χ4v) is 3.84. The van der Waals surface area contributed by atoms with E-state index in [4.69, 9.17) is 0 Å². The fourth-order valence-electron chi connectivity index (χ4n) is 3.84. The number of fused-ring (bicyclic) bond motifs is 2. The lowest BCUT2D eigenvalue weighted by molar-refractivity contribution is 0.0897. The van der Waals surface area contributed by atoms with E-state index in [1.54, 1.807) is 6.20 Å². The molecule has 2 aromatic carbocycles. The van der Waals surface area contributed by atoms with Crippen molar-refractivity contribution < 1.29 is 4.79 Å². The van der Waals surface area contributed by atoms with Crippen LogP contribution >= 0.6 is 0 Å². The zero-order valence-electron chi connectivity index (χ0n) is 16.2. The lowest BCUT2D eigenvalue weighted by atomic mass is 9.97. The van der Waals surface area contributed by atoms with Crippen LogP contribution in [0.1, 0.15) is 29.8 Å². The van der Waals surface area contributed by atoms with Crippen molar-refractivity contribution >= 4 is 22.6 Å². The smallest absolute Gasteiger partial charge is 0.255 e. The summed E-state index contributed by atoms with van der Waals surface area (Å²) in [5, 5.41) is 11.3. The quantitative estimate of drug-likeness (QED) is 0.564. The average molecular weight is 384 g/mol. The number of benzene rings is 2. The van der Waals surface area contributed by atoms with Crippen molar-refractivity contribution in [1.29, 1.82) is 0 Å². The third kappa shape index (κ3) is 2.91. The maximum absolute atomic E-state index is 12.7. The molecule has 7 heteroatoms. The van der Waals surface area contributed by atoms with Crippen LogP contribution in [0.3, 0.4) is 0 Å². The van der Waals surface area contributed by atoms with Crippen LogP contribution < -0.4 is 10.2 Å². The summed E-state index contributed by atoms with van der Waals surface area (Å²) in [6.07, 6.45) is 3.24. The van der Waals surface area contributed by atoms with Crippen LogP contribution in [0.5, 0.6) is 0 Å². The number of aromatic amines is 1. The van der Waals surface area contributed by atoms with Crippen LogP contribution in [0.25, 0.3) is 22.3 Å². The van der Waals surface area contributed by atoms with E-state index in [0.717, 1.165) is 22.3 Å². The second-order valence-corrected chi connectivity index (χ2v) is 7.67. The molecule has 1 aliphatic rings. The van der Waals surface area contributed by atoms with Crippen molar-refractivity contribution in [1.82, 2.24) is 25.5 Å². The van der Waals surface area contributed by atoms with Gasteiger partial charge >= 0.3 is 0 Å². The molecule has 0 unspecified atom stereocenters. The molecule has 0 atom stereocenters. The zero-order chi connectivity index (χ0) is 20.0. The molecule has 3 heterocycles. The SMILES string of the molecule is CC1(C)NC(=O)c2ccc(-c3n[nH]c4ncncc34)cc2N1Cc1ccccc1. The highest BCUT2D eigenvalue weighted by atomic mass is 16.2. The third-order valence-electron chi connectivity index (χ3n) is 5.33. The minimum absolute atomic E-state index is 0.0731. The molecule has 0 spiro atoms. The number of carbonyl (C=O) groups is 1. The normalized spacial score (nSPS) is 15.2. The van der Waals surface area contributed by atoms with Crippen molar-refractivity contribution in [3.8, 4) is 11.3 Å². The maximum Gasteiger partial charge on any atom is 0.255 e. The van der Waals surface area contributed by atoms with Crippen molar-refractivity contribution in [2.75, 3.05) is 4.90 Å². The van der Waals surface area contributed by atoms with E-state index in [9.17, 15) is 4.79 Å². The lowest BCUT2D eigenvalue weighted by Gasteiger charge is -2.45. The Hall–Kier alpha value is -3.74. The van der Waals surface area contributed by atoms with E-state index in [1.807, 2.05) is 50.2 Å². The van der Waals surface area contributed by atoms with Crippen LogP contribution in [0, 0.1) is 0 Å². The first-order chi connectivity index (χ1) is 14.0. The van der Waals surface area contributed by atoms with Crippen LogP contribution in [0.2, 0.25) is 0 Å². The van der Waals surface area contributed by atoms with Gasteiger partial charge in [-0.1, -0.05) is 36.4 Å². The lowest BCUT2D eigenvalue weighted by Crippen LogP contribution is -2.60. The van der Waals surface area contributed by atoms with Crippen molar-refractivity contribution in [3.63, 3.8) is 0 Å². The number of hydrogen-bond donors (Lipinski definition) is 2. The number of nitrogens with zero attached hydrogens (tertiary/aromatic N) is 4. The molecular weight excluding hydrogens is 364 g/mol. The van der Waals surface area contributed by atoms with E-state index in [0.29, 0.717) is 17.8 Å². The highest BCUT2D eigenvalue weighted by Gasteiger charge is 2.36. The van der Waals surface area contributed by atoms with Gasteiger partial charge in [0.25, 0.3) is 5.91 Å². The van der Waals surface area contributed by atoms with Gasteiger partial charge in [-0.05, 0) is 31.5 Å². The summed E-state index contributed by atoms with van der Waals surface area (Å²) >= 11 is 0. The standard InChI is InChI=1S/C22H20N6O/c1-22(2)25-21(29)16-9-8-15(19-17-11-23-13-24-20(17)27-26-19)10-18(16)28(22)12-14-6-4-3-5-7-14/h3-11,13H,12H2,1-2H3,(H,25,29)(H,23,24,26,27). The van der Waals surface area contributed by atoms with E-state index < -0.39 is 5.66 Å². The molecule has 0 fully saturated rings. The van der Waals surface area contributed by atoms with Gasteiger partial charge in [-0.2, -0.15) is 5.10 Å². The first kappa shape index (κ1) is 17.4. The number of rotatable bonds is 3. The average Bonchev–Trinajstić information content (AvgIpc) is 3.15. The number of hydrogen-bond acceptors (Lipinski definition) is 5. The van der Waals surface area contributed by atoms with Gasteiger partial charge in [-0.15, -0.1) is 0 Å². The summed E-state index contributed by atoms with van der Waals surface area (Å²) < 4.78 is 0. The molecule has 2 aromatic heterocycles. The molecule has 0 radical (unpaired) electrons. The number of H-pyrrole nitrogens is 1. The van der Waals surface area contributed by atoms with Gasteiger partial charge in [0, 0.05) is 18.3 Å². The second kappa shape index (κ2) is 6.41. The van der Waals surface area contributed by atoms with Crippen LogP contribution in [-0.4, -0.2) is 31.7 Å². The summed E-state index contributed by atoms with van der Waals surface area (Å²) in [5.41, 5.74) is 4.54. The van der Waals surface area contributed by atoms with E-state index in [2.05, 4.69) is 42.5 Å². The molecule has 144 valence electrons. The molecule has 7 nitrogen and oxygen atoms in total. The largest absolute Gasteiger partial charge is 0.344 e. The van der Waals surface area contributed by atoms with Gasteiger partial charge in [0.1, 0.15) is 17.7 Å². The summed E-state index contributed by atoms with van der Waals surface area (Å²) in [4.78, 5) is 23.3. The van der Waals surface area contributed by atoms with Crippen LogP contribution in [0.4, 0.5) is 5.69 Å². The second-order valence-electron chi connectivity index (χ2n) is 7.67. The number of aromatic nitrogens is 4. The summed E-state index contributed by atoms with van der Waals surface area (Å²) in [7, 11) is 0. The van der Waals surface area contributed by atoms with E-state index in [1.165, 1.54) is 11.9 Å². The minimum Gasteiger partial charge on any atom is -0.344 e. The predicted molar refractivity (Wildman–Crippen MR) is 111 cm³/mol. The summed E-state index contributed by atoms with van der Waals surface area (Å²) in [5.74, 6) is -0.0731. The van der Waals surface area contributed by atoms with E-state index >= 15 is 0 Å². The molecule has 0 saturated heterocycles. The Morgan fingerprint density at radius 2 is 1.93 bits per heavy atom. The molecule has 29 heavy (non-hydrogen) atoms. The molecule has 0 saturated carbocycles. The van der Waals surface area contributed by atoms with Crippen molar-refractivity contribution in [2.24, 2.45) is 0 Å². The monoisotopic (exact) mass is 384 g/mol. The Labute approximate surface area is 167 Å². The first-order valence-electron chi connectivity index (χ1n) is 9.45. The van der Waals surface area contributed by atoms with Gasteiger partial charge in [-0.25, -0.2) is 9.97 Å². The third-order valence-corrected chi connectivity index (χ3v) is 5.33. The first-order valence-corrected chi connectivity index (χ1v) is 9.45. The number of anilines is 1. The number of nitrogens with one attached hydrogen (secondary N) is 2. The van der Waals surface area contributed by atoms with Gasteiger partial charge in [0.15, 0.2) is 5.65 Å². The van der Waals surface area contributed by atoms with Gasteiger partial charge < -0.3 is 10.2 Å². The molecule has 1 aliphatic heterocycles. The Balaban J connectivity index is 1.65. The number of carbonyl (C=O) groups excluding carboxylic acids is 1. The maximum atomic E-state index is 12.7. The van der Waals surface area contributed by atoms with Gasteiger partial charge in [0.2, 0.25) is 0 Å². The van der Waals surface area contributed by atoms with Gasteiger partial charge in [0.05, 0.1) is 16.6 Å². The number of amides is 1. The zero-order valence-corrected chi connectivity index (χ0v) is 16.2. The molecular formula is C22H20N6O. The molecule has 5 rings (SSSR count). The minimum atomic E-state index is -0.532. The summed E-state index contributed by atoms with van der Waals surface area (Å²) in [6, 6.07) is 16.0. The molecule has 1 amide bonds. The Bertz CT molecular complexity index is 1210. The Morgan fingerprint density at radius 1 is 1.10 bits per heavy atom. The molecule has 2 N–H and O–H groups in total. The van der Waals surface area contributed by atoms with Crippen molar-refractivity contribution in [2.45, 2.75) is 26.1 Å². The van der Waals surface area contributed by atoms with E-state index in [-0.39, 0.29) is 5.91 Å². The molecule has 4 aromatic rings. The summed E-state index contributed by atoms with van der Waals surface area (Å²) in [6.45, 7) is 4.71. The molecule has 0 aliphatic carbocycles. The van der Waals surface area contributed by atoms with Crippen LogP contribution in [0.15, 0.2) is 61.1 Å². The predicted octanol–water partition coefficient (Wildman–Crippen LogP) is 3.51. The fraction of sp³-hybridized carbons (Fsp3) is 0.182.